The lowest BCUT2D eigenvalue weighted by Gasteiger charge is -2.24. The van der Waals surface area contributed by atoms with Crippen molar-refractivity contribution in [3.63, 3.8) is 0 Å². The maximum atomic E-state index is 10.1. The van der Waals surface area contributed by atoms with Gasteiger partial charge in [-0.2, -0.15) is 0 Å². The summed E-state index contributed by atoms with van der Waals surface area (Å²) in [4.78, 5) is 0. The van der Waals surface area contributed by atoms with Gasteiger partial charge < -0.3 is 10.4 Å². The molecule has 3 heteroatoms. The van der Waals surface area contributed by atoms with Crippen LogP contribution in [0.25, 0.3) is 0 Å². The molecular weight excluding hydrogens is 254 g/mol. The van der Waals surface area contributed by atoms with E-state index in [0.717, 1.165) is 17.4 Å². The van der Waals surface area contributed by atoms with Crippen LogP contribution in [0.3, 0.4) is 0 Å². The molecule has 1 aliphatic rings. The van der Waals surface area contributed by atoms with Crippen molar-refractivity contribution in [2.75, 3.05) is 13.1 Å². The summed E-state index contributed by atoms with van der Waals surface area (Å²) in [6.07, 6.45) is 0.930. The average Bonchev–Trinajstić information content (AvgIpc) is 2.46. The minimum absolute atomic E-state index is 0.312. The highest BCUT2D eigenvalue weighted by atomic mass is 79.9. The number of hydrogen-bond donors (Lipinski definition) is 2. The molecule has 1 aliphatic heterocycles. The number of hydrogen-bond acceptors (Lipinski definition) is 2. The van der Waals surface area contributed by atoms with Crippen molar-refractivity contribution in [3.05, 3.63) is 34.3 Å². The van der Waals surface area contributed by atoms with E-state index in [4.69, 9.17) is 0 Å². The van der Waals surface area contributed by atoms with Gasteiger partial charge in [0.25, 0.3) is 0 Å². The van der Waals surface area contributed by atoms with Crippen LogP contribution in [-0.4, -0.2) is 23.8 Å². The smallest absolute Gasteiger partial charge is 0.0786 e. The number of halogens is 1. The number of nitrogens with one attached hydrogen (secondary N) is 1. The molecule has 1 heterocycles. The Morgan fingerprint density at radius 2 is 2.40 bits per heavy atom. The second-order valence-corrected chi connectivity index (χ2v) is 5.43. The van der Waals surface area contributed by atoms with Gasteiger partial charge in [0.2, 0.25) is 0 Å². The second kappa shape index (κ2) is 4.24. The summed E-state index contributed by atoms with van der Waals surface area (Å²) in [5.41, 5.74) is 0.709. The summed E-state index contributed by atoms with van der Waals surface area (Å²) in [5, 5.41) is 13.3. The van der Waals surface area contributed by atoms with Crippen LogP contribution in [0.1, 0.15) is 12.5 Å². The first-order valence-electron chi connectivity index (χ1n) is 5.25. The SMILES string of the molecule is CC1(O)CNCC1Cc1cccc(Br)c1. The molecule has 82 valence electrons. The van der Waals surface area contributed by atoms with Gasteiger partial charge in [-0.05, 0) is 31.0 Å². The Morgan fingerprint density at radius 1 is 1.60 bits per heavy atom. The lowest BCUT2D eigenvalue weighted by molar-refractivity contribution is 0.0363. The molecule has 2 nitrogen and oxygen atoms in total. The van der Waals surface area contributed by atoms with E-state index in [0.29, 0.717) is 12.5 Å². The van der Waals surface area contributed by atoms with E-state index < -0.39 is 5.60 Å². The van der Waals surface area contributed by atoms with Crippen molar-refractivity contribution in [1.29, 1.82) is 0 Å². The van der Waals surface area contributed by atoms with Crippen LogP contribution < -0.4 is 5.32 Å². The first-order chi connectivity index (χ1) is 7.08. The summed E-state index contributed by atoms with van der Waals surface area (Å²) in [5.74, 6) is 0.312. The highest BCUT2D eigenvalue weighted by Gasteiger charge is 2.36. The van der Waals surface area contributed by atoms with Gasteiger partial charge in [0.1, 0.15) is 0 Å². The summed E-state index contributed by atoms with van der Waals surface area (Å²) in [6.45, 7) is 3.51. The zero-order valence-corrected chi connectivity index (χ0v) is 10.4. The van der Waals surface area contributed by atoms with Gasteiger partial charge in [-0.15, -0.1) is 0 Å². The van der Waals surface area contributed by atoms with E-state index in [2.05, 4.69) is 33.4 Å². The number of rotatable bonds is 2. The molecule has 0 spiro atoms. The van der Waals surface area contributed by atoms with E-state index in [-0.39, 0.29) is 0 Å². The van der Waals surface area contributed by atoms with Gasteiger partial charge >= 0.3 is 0 Å². The molecule has 2 rings (SSSR count). The molecule has 0 bridgehead atoms. The second-order valence-electron chi connectivity index (χ2n) is 4.52. The predicted molar refractivity (Wildman–Crippen MR) is 64.8 cm³/mol. The van der Waals surface area contributed by atoms with Gasteiger partial charge in [-0.1, -0.05) is 28.1 Å². The fourth-order valence-corrected chi connectivity index (χ4v) is 2.55. The van der Waals surface area contributed by atoms with Crippen LogP contribution in [0.2, 0.25) is 0 Å². The molecule has 0 radical (unpaired) electrons. The lowest BCUT2D eigenvalue weighted by Crippen LogP contribution is -2.34. The van der Waals surface area contributed by atoms with Crippen molar-refractivity contribution >= 4 is 15.9 Å². The maximum Gasteiger partial charge on any atom is 0.0786 e. The Bertz CT molecular complexity index is 351. The minimum atomic E-state index is -0.567. The summed E-state index contributed by atoms with van der Waals surface area (Å²) >= 11 is 3.46. The molecule has 0 saturated carbocycles. The van der Waals surface area contributed by atoms with Crippen molar-refractivity contribution in [3.8, 4) is 0 Å². The van der Waals surface area contributed by atoms with Crippen molar-refractivity contribution in [1.82, 2.24) is 5.32 Å². The molecule has 1 fully saturated rings. The van der Waals surface area contributed by atoms with E-state index in [1.165, 1.54) is 5.56 Å². The predicted octanol–water partition coefficient (Wildman–Crippen LogP) is 1.96. The molecule has 1 saturated heterocycles. The molecule has 0 aliphatic carbocycles. The third-order valence-electron chi connectivity index (χ3n) is 3.12. The van der Waals surface area contributed by atoms with Crippen LogP contribution >= 0.6 is 15.9 Å². The maximum absolute atomic E-state index is 10.1. The van der Waals surface area contributed by atoms with Gasteiger partial charge in [-0.25, -0.2) is 0 Å². The summed E-state index contributed by atoms with van der Waals surface area (Å²) < 4.78 is 1.10. The normalized spacial score (nSPS) is 30.7. The van der Waals surface area contributed by atoms with Crippen LogP contribution in [0, 0.1) is 5.92 Å². The van der Waals surface area contributed by atoms with Crippen LogP contribution in [0.5, 0.6) is 0 Å². The molecule has 2 unspecified atom stereocenters. The third kappa shape index (κ3) is 2.60. The zero-order valence-electron chi connectivity index (χ0n) is 8.83. The molecule has 2 N–H and O–H groups in total. The van der Waals surface area contributed by atoms with Crippen LogP contribution in [0.4, 0.5) is 0 Å². The molecule has 1 aromatic rings. The van der Waals surface area contributed by atoms with Crippen molar-refractivity contribution < 1.29 is 5.11 Å². The monoisotopic (exact) mass is 269 g/mol. The van der Waals surface area contributed by atoms with Crippen molar-refractivity contribution in [2.24, 2.45) is 5.92 Å². The van der Waals surface area contributed by atoms with Gasteiger partial charge in [0.15, 0.2) is 0 Å². The molecule has 0 amide bonds. The molecule has 0 aromatic heterocycles. The van der Waals surface area contributed by atoms with E-state index in [1.807, 2.05) is 19.1 Å². The fourth-order valence-electron chi connectivity index (χ4n) is 2.10. The van der Waals surface area contributed by atoms with Crippen molar-refractivity contribution in [2.45, 2.75) is 18.9 Å². The summed E-state index contributed by atoms with van der Waals surface area (Å²) in [7, 11) is 0. The third-order valence-corrected chi connectivity index (χ3v) is 3.62. The minimum Gasteiger partial charge on any atom is -0.389 e. The Balaban J connectivity index is 2.09. The molecule has 15 heavy (non-hydrogen) atoms. The number of benzene rings is 1. The highest BCUT2D eigenvalue weighted by molar-refractivity contribution is 9.10. The highest BCUT2D eigenvalue weighted by Crippen LogP contribution is 2.25. The largest absolute Gasteiger partial charge is 0.389 e. The van der Waals surface area contributed by atoms with Crippen LogP contribution in [-0.2, 0) is 6.42 Å². The van der Waals surface area contributed by atoms with Gasteiger partial charge in [-0.3, -0.25) is 0 Å². The standard InChI is InChI=1S/C12H16BrNO/c1-12(15)8-14-7-10(12)5-9-3-2-4-11(13)6-9/h2-4,6,10,14-15H,5,7-8H2,1H3. The van der Waals surface area contributed by atoms with E-state index in [1.54, 1.807) is 0 Å². The fraction of sp³-hybridized carbons (Fsp3) is 0.500. The number of aliphatic hydroxyl groups is 1. The van der Waals surface area contributed by atoms with Gasteiger partial charge in [0, 0.05) is 23.5 Å². The Labute approximate surface area is 98.8 Å². The Hall–Kier alpha value is -0.380. The number of β-amino-alcohol motifs (C(OH)–C–C–N with tert-alkyl or cyclic N) is 1. The molecule has 2 atom stereocenters. The zero-order chi connectivity index (χ0) is 10.9. The summed E-state index contributed by atoms with van der Waals surface area (Å²) in [6, 6.07) is 8.29. The first-order valence-corrected chi connectivity index (χ1v) is 6.05. The Kier molecular flexibility index (Phi) is 3.14. The topological polar surface area (TPSA) is 32.3 Å². The first kappa shape index (κ1) is 11.1. The Morgan fingerprint density at radius 3 is 3.00 bits per heavy atom. The average molecular weight is 270 g/mol. The van der Waals surface area contributed by atoms with Crippen LogP contribution in [0.15, 0.2) is 28.7 Å². The quantitative estimate of drug-likeness (QED) is 0.861. The van der Waals surface area contributed by atoms with E-state index >= 15 is 0 Å². The lowest BCUT2D eigenvalue weighted by atomic mass is 9.87. The molecular formula is C12H16BrNO. The molecule has 1 aromatic carbocycles. The van der Waals surface area contributed by atoms with Gasteiger partial charge in [0.05, 0.1) is 5.60 Å². The van der Waals surface area contributed by atoms with E-state index in [9.17, 15) is 5.11 Å².